The molecule has 0 radical (unpaired) electrons. The fourth-order valence-electron chi connectivity index (χ4n) is 2.87. The average molecular weight is 276 g/mol. The van der Waals surface area contributed by atoms with E-state index in [-0.39, 0.29) is 11.7 Å². The second kappa shape index (κ2) is 6.75. The maximum atomic E-state index is 12.0. The molecule has 1 saturated carbocycles. The number of hydrogen-bond donors (Lipinski definition) is 3. The molecule has 0 heterocycles. The molecule has 110 valence electrons. The Morgan fingerprint density at radius 3 is 2.70 bits per heavy atom. The van der Waals surface area contributed by atoms with Crippen LogP contribution in [-0.4, -0.2) is 23.6 Å². The van der Waals surface area contributed by atoms with Gasteiger partial charge < -0.3 is 16.2 Å². The minimum absolute atomic E-state index is 0.0859. The summed E-state index contributed by atoms with van der Waals surface area (Å²) < 4.78 is 0. The van der Waals surface area contributed by atoms with Gasteiger partial charge in [-0.3, -0.25) is 4.79 Å². The Morgan fingerprint density at radius 1 is 1.40 bits per heavy atom. The molecule has 0 aliphatic heterocycles. The van der Waals surface area contributed by atoms with Gasteiger partial charge in [0.25, 0.3) is 0 Å². The molecule has 1 aliphatic rings. The maximum Gasteiger partial charge on any atom is 0.237 e. The Kier molecular flexibility index (Phi) is 5.01. The van der Waals surface area contributed by atoms with E-state index in [1.165, 1.54) is 19.3 Å². The number of hydrogen-bond acceptors (Lipinski definition) is 3. The van der Waals surface area contributed by atoms with Crippen molar-refractivity contribution in [1.29, 1.82) is 0 Å². The monoisotopic (exact) mass is 276 g/mol. The van der Waals surface area contributed by atoms with Crippen molar-refractivity contribution in [2.75, 3.05) is 6.54 Å². The SMILES string of the molecule is CC1CCCC1CNC(=O)[C@@H](N)Cc1ccc(O)cc1. The van der Waals surface area contributed by atoms with Crippen LogP contribution >= 0.6 is 0 Å². The van der Waals surface area contributed by atoms with Crippen LogP contribution in [0.25, 0.3) is 0 Å². The maximum absolute atomic E-state index is 12.0. The van der Waals surface area contributed by atoms with Crippen LogP contribution in [0.5, 0.6) is 5.75 Å². The quantitative estimate of drug-likeness (QED) is 0.768. The first-order valence-electron chi connectivity index (χ1n) is 7.37. The minimum atomic E-state index is -0.531. The van der Waals surface area contributed by atoms with Gasteiger partial charge in [-0.1, -0.05) is 31.9 Å². The number of phenols is 1. The van der Waals surface area contributed by atoms with Crippen molar-refractivity contribution in [3.8, 4) is 5.75 Å². The lowest BCUT2D eigenvalue weighted by atomic mass is 9.98. The Balaban J connectivity index is 1.78. The van der Waals surface area contributed by atoms with Crippen molar-refractivity contribution in [1.82, 2.24) is 5.32 Å². The molecule has 3 atom stereocenters. The molecule has 2 rings (SSSR count). The van der Waals surface area contributed by atoms with E-state index in [1.807, 2.05) is 0 Å². The van der Waals surface area contributed by atoms with E-state index in [0.717, 1.165) is 12.1 Å². The van der Waals surface area contributed by atoms with Crippen LogP contribution in [0.3, 0.4) is 0 Å². The number of carbonyl (C=O) groups excluding carboxylic acids is 1. The van der Waals surface area contributed by atoms with Crippen molar-refractivity contribution in [2.45, 2.75) is 38.6 Å². The van der Waals surface area contributed by atoms with Gasteiger partial charge in [0.1, 0.15) is 5.75 Å². The van der Waals surface area contributed by atoms with Gasteiger partial charge in [-0.25, -0.2) is 0 Å². The molecule has 0 spiro atoms. The number of phenolic OH excluding ortho intramolecular Hbond substituents is 1. The van der Waals surface area contributed by atoms with Gasteiger partial charge in [-0.15, -0.1) is 0 Å². The lowest BCUT2D eigenvalue weighted by molar-refractivity contribution is -0.122. The number of benzene rings is 1. The highest BCUT2D eigenvalue weighted by atomic mass is 16.3. The van der Waals surface area contributed by atoms with Crippen LogP contribution in [0.4, 0.5) is 0 Å². The highest BCUT2D eigenvalue weighted by Gasteiger charge is 2.24. The normalized spacial score (nSPS) is 23.5. The van der Waals surface area contributed by atoms with Gasteiger partial charge >= 0.3 is 0 Å². The molecule has 1 aromatic carbocycles. The van der Waals surface area contributed by atoms with Crippen LogP contribution < -0.4 is 11.1 Å². The first-order valence-corrected chi connectivity index (χ1v) is 7.37. The summed E-state index contributed by atoms with van der Waals surface area (Å²) >= 11 is 0. The fourth-order valence-corrected chi connectivity index (χ4v) is 2.87. The van der Waals surface area contributed by atoms with Crippen molar-refractivity contribution < 1.29 is 9.90 Å². The first kappa shape index (κ1) is 14.9. The third kappa shape index (κ3) is 3.97. The standard InChI is InChI=1S/C16H24N2O2/c1-11-3-2-4-13(11)10-18-16(20)15(17)9-12-5-7-14(19)8-6-12/h5-8,11,13,15,19H,2-4,9-10,17H2,1H3,(H,18,20)/t11?,13?,15-/m0/s1. The molecule has 1 aromatic rings. The van der Waals surface area contributed by atoms with Gasteiger partial charge in [-0.2, -0.15) is 0 Å². The summed E-state index contributed by atoms with van der Waals surface area (Å²) in [6.07, 6.45) is 4.22. The second-order valence-corrected chi connectivity index (χ2v) is 5.89. The van der Waals surface area contributed by atoms with Crippen LogP contribution in [0, 0.1) is 11.8 Å². The Morgan fingerprint density at radius 2 is 2.10 bits per heavy atom. The molecule has 1 amide bonds. The zero-order valence-corrected chi connectivity index (χ0v) is 12.0. The molecule has 0 saturated heterocycles. The second-order valence-electron chi connectivity index (χ2n) is 5.89. The largest absolute Gasteiger partial charge is 0.508 e. The Hall–Kier alpha value is -1.55. The van der Waals surface area contributed by atoms with Crippen LogP contribution in [0.2, 0.25) is 0 Å². The van der Waals surface area contributed by atoms with E-state index < -0.39 is 6.04 Å². The van der Waals surface area contributed by atoms with E-state index in [9.17, 15) is 9.90 Å². The fraction of sp³-hybridized carbons (Fsp3) is 0.562. The molecule has 20 heavy (non-hydrogen) atoms. The van der Waals surface area contributed by atoms with E-state index in [4.69, 9.17) is 5.73 Å². The zero-order chi connectivity index (χ0) is 14.5. The van der Waals surface area contributed by atoms with E-state index in [0.29, 0.717) is 18.3 Å². The van der Waals surface area contributed by atoms with Crippen molar-refractivity contribution in [2.24, 2.45) is 17.6 Å². The van der Waals surface area contributed by atoms with E-state index in [1.54, 1.807) is 24.3 Å². The van der Waals surface area contributed by atoms with Crippen molar-refractivity contribution in [3.05, 3.63) is 29.8 Å². The highest BCUT2D eigenvalue weighted by molar-refractivity contribution is 5.81. The zero-order valence-electron chi connectivity index (χ0n) is 12.0. The van der Waals surface area contributed by atoms with Crippen LogP contribution in [-0.2, 0) is 11.2 Å². The topological polar surface area (TPSA) is 75.4 Å². The summed E-state index contributed by atoms with van der Waals surface area (Å²) in [6, 6.07) is 6.28. The van der Waals surface area contributed by atoms with Gasteiger partial charge in [-0.05, 0) is 42.4 Å². The number of carbonyl (C=O) groups is 1. The lowest BCUT2D eigenvalue weighted by Gasteiger charge is -2.18. The summed E-state index contributed by atoms with van der Waals surface area (Å²) in [5.41, 5.74) is 6.89. The average Bonchev–Trinajstić information content (AvgIpc) is 2.84. The molecular formula is C16H24N2O2. The van der Waals surface area contributed by atoms with Crippen molar-refractivity contribution >= 4 is 5.91 Å². The van der Waals surface area contributed by atoms with Crippen molar-refractivity contribution in [3.63, 3.8) is 0 Å². The summed E-state index contributed by atoms with van der Waals surface area (Å²) in [7, 11) is 0. The molecule has 1 fully saturated rings. The van der Waals surface area contributed by atoms with E-state index >= 15 is 0 Å². The number of rotatable bonds is 5. The Labute approximate surface area is 120 Å². The molecule has 1 aliphatic carbocycles. The predicted molar refractivity (Wildman–Crippen MR) is 79.3 cm³/mol. The molecule has 4 nitrogen and oxygen atoms in total. The number of nitrogens with one attached hydrogen (secondary N) is 1. The molecule has 0 aromatic heterocycles. The molecule has 4 heteroatoms. The minimum Gasteiger partial charge on any atom is -0.508 e. The summed E-state index contributed by atoms with van der Waals surface area (Å²) in [5.74, 6) is 1.43. The summed E-state index contributed by atoms with van der Waals surface area (Å²) in [6.45, 7) is 2.99. The molecule has 0 bridgehead atoms. The highest BCUT2D eigenvalue weighted by Crippen LogP contribution is 2.30. The first-order chi connectivity index (χ1) is 9.56. The summed E-state index contributed by atoms with van der Waals surface area (Å²) in [5, 5.41) is 12.2. The molecule has 4 N–H and O–H groups in total. The number of aromatic hydroxyl groups is 1. The van der Waals surface area contributed by atoms with Gasteiger partial charge in [0.2, 0.25) is 5.91 Å². The van der Waals surface area contributed by atoms with Crippen LogP contribution in [0.1, 0.15) is 31.7 Å². The number of nitrogens with two attached hydrogens (primary N) is 1. The van der Waals surface area contributed by atoms with Gasteiger partial charge in [0.15, 0.2) is 0 Å². The predicted octanol–water partition coefficient (Wildman–Crippen LogP) is 1.81. The third-order valence-corrected chi connectivity index (χ3v) is 4.31. The van der Waals surface area contributed by atoms with Gasteiger partial charge in [0.05, 0.1) is 6.04 Å². The lowest BCUT2D eigenvalue weighted by Crippen LogP contribution is -2.43. The van der Waals surface area contributed by atoms with Gasteiger partial charge in [0, 0.05) is 6.54 Å². The van der Waals surface area contributed by atoms with Crippen LogP contribution in [0.15, 0.2) is 24.3 Å². The smallest absolute Gasteiger partial charge is 0.237 e. The molecule has 2 unspecified atom stereocenters. The number of amides is 1. The van der Waals surface area contributed by atoms with E-state index in [2.05, 4.69) is 12.2 Å². The molecular weight excluding hydrogens is 252 g/mol. The Bertz CT molecular complexity index is 444. The summed E-state index contributed by atoms with van der Waals surface area (Å²) in [4.78, 5) is 12.0. The third-order valence-electron chi connectivity index (χ3n) is 4.31.